The monoisotopic (exact) mass is 410 g/mol. The number of benzene rings is 1. The van der Waals surface area contributed by atoms with E-state index in [2.05, 4.69) is 20.2 Å². The number of hydrogen-bond donors (Lipinski definition) is 1. The van der Waals surface area contributed by atoms with E-state index >= 15 is 0 Å². The number of carbonyl (C=O) groups excluding carboxylic acids is 1. The van der Waals surface area contributed by atoms with Gasteiger partial charge in [0.05, 0.1) is 6.04 Å². The number of rotatable bonds is 6. The minimum absolute atomic E-state index is 0.152. The lowest BCUT2D eigenvalue weighted by atomic mass is 9.90. The number of thiazole rings is 1. The van der Waals surface area contributed by atoms with Crippen LogP contribution in [0.4, 0.5) is 4.39 Å². The van der Waals surface area contributed by atoms with Gasteiger partial charge < -0.3 is 5.32 Å². The molecule has 0 bridgehead atoms. The molecule has 1 N–H and O–H groups in total. The summed E-state index contributed by atoms with van der Waals surface area (Å²) in [5, 5.41) is 6.03. The van der Waals surface area contributed by atoms with Crippen LogP contribution in [-0.4, -0.2) is 33.9 Å². The molecule has 4 rings (SSSR count). The number of halogens is 1. The largest absolute Gasteiger partial charge is 0.341 e. The topological polar surface area (TPSA) is 58.1 Å². The van der Waals surface area contributed by atoms with Gasteiger partial charge in [-0.1, -0.05) is 18.2 Å². The molecule has 0 aliphatic carbocycles. The van der Waals surface area contributed by atoms with Crippen LogP contribution in [0.2, 0.25) is 0 Å². The molecule has 1 aliphatic rings. The summed E-state index contributed by atoms with van der Waals surface area (Å²) in [6.07, 6.45) is 5.47. The average molecular weight is 411 g/mol. The summed E-state index contributed by atoms with van der Waals surface area (Å²) in [5.74, 6) is -0.143. The fourth-order valence-corrected chi connectivity index (χ4v) is 4.62. The van der Waals surface area contributed by atoms with Crippen molar-refractivity contribution < 1.29 is 9.18 Å². The molecule has 150 valence electrons. The molecule has 0 radical (unpaired) electrons. The van der Waals surface area contributed by atoms with Crippen molar-refractivity contribution in [2.75, 3.05) is 13.1 Å². The number of carbonyl (C=O) groups is 1. The van der Waals surface area contributed by atoms with Crippen molar-refractivity contribution >= 4 is 17.2 Å². The van der Waals surface area contributed by atoms with Crippen LogP contribution >= 0.6 is 11.3 Å². The zero-order valence-corrected chi connectivity index (χ0v) is 16.8. The molecular weight excluding hydrogens is 387 g/mol. The highest BCUT2D eigenvalue weighted by atomic mass is 32.1. The predicted octanol–water partition coefficient (Wildman–Crippen LogP) is 4.06. The highest BCUT2D eigenvalue weighted by Crippen LogP contribution is 2.32. The number of nitrogens with one attached hydrogen (secondary N) is 1. The summed E-state index contributed by atoms with van der Waals surface area (Å²) in [4.78, 5) is 23.8. The molecule has 1 fully saturated rings. The third kappa shape index (κ3) is 5.05. The molecule has 5 nitrogen and oxygen atoms in total. The van der Waals surface area contributed by atoms with Gasteiger partial charge in [-0.2, -0.15) is 0 Å². The van der Waals surface area contributed by atoms with Gasteiger partial charge in [0.2, 0.25) is 0 Å². The number of piperidine rings is 1. The molecule has 0 saturated carbocycles. The van der Waals surface area contributed by atoms with Crippen LogP contribution in [-0.2, 0) is 6.54 Å². The lowest BCUT2D eigenvalue weighted by Gasteiger charge is -2.36. The Kier molecular flexibility index (Phi) is 6.27. The third-order valence-corrected chi connectivity index (χ3v) is 6.09. The van der Waals surface area contributed by atoms with Gasteiger partial charge in [-0.15, -0.1) is 11.3 Å². The molecule has 2 aromatic heterocycles. The van der Waals surface area contributed by atoms with Crippen molar-refractivity contribution in [3.8, 4) is 0 Å². The Balaban J connectivity index is 1.48. The first kappa shape index (κ1) is 19.7. The standard InChI is InChI=1S/C22H23FN4OS/c23-18-8-6-16(7-9-18)14-27-12-3-4-17(15-27)20(22-25-11-13-29-22)26-21(28)19-5-1-2-10-24-19/h1-2,5-11,13,17,20H,3-4,12,14-15H2,(H,26,28)/t17-,20-/m0/s1. The van der Waals surface area contributed by atoms with Gasteiger partial charge in [0.1, 0.15) is 16.5 Å². The molecule has 0 spiro atoms. The minimum Gasteiger partial charge on any atom is -0.341 e. The summed E-state index contributed by atoms with van der Waals surface area (Å²) < 4.78 is 13.2. The quantitative estimate of drug-likeness (QED) is 0.666. The second-order valence-electron chi connectivity index (χ2n) is 7.30. The van der Waals surface area contributed by atoms with Gasteiger partial charge >= 0.3 is 0 Å². The number of amides is 1. The second kappa shape index (κ2) is 9.24. The first-order valence-electron chi connectivity index (χ1n) is 9.77. The fourth-order valence-electron chi connectivity index (χ4n) is 3.84. The van der Waals surface area contributed by atoms with Gasteiger partial charge in [0.15, 0.2) is 0 Å². The molecular formula is C22H23FN4OS. The van der Waals surface area contributed by atoms with E-state index in [0.29, 0.717) is 5.69 Å². The van der Waals surface area contributed by atoms with Crippen LogP contribution in [0, 0.1) is 11.7 Å². The predicted molar refractivity (Wildman–Crippen MR) is 111 cm³/mol. The molecule has 0 unspecified atom stereocenters. The van der Waals surface area contributed by atoms with Gasteiger partial charge in [-0.05, 0) is 55.1 Å². The summed E-state index contributed by atoms with van der Waals surface area (Å²) >= 11 is 1.56. The van der Waals surface area contributed by atoms with Crippen LogP contribution in [0.25, 0.3) is 0 Å². The Morgan fingerprint density at radius 3 is 2.79 bits per heavy atom. The minimum atomic E-state index is -0.216. The van der Waals surface area contributed by atoms with Crippen molar-refractivity contribution in [2.24, 2.45) is 5.92 Å². The zero-order valence-electron chi connectivity index (χ0n) is 16.0. The van der Waals surface area contributed by atoms with E-state index in [4.69, 9.17) is 0 Å². The van der Waals surface area contributed by atoms with E-state index in [1.165, 1.54) is 12.1 Å². The molecule has 29 heavy (non-hydrogen) atoms. The van der Waals surface area contributed by atoms with Gasteiger partial charge in [-0.3, -0.25) is 14.7 Å². The second-order valence-corrected chi connectivity index (χ2v) is 8.23. The maximum Gasteiger partial charge on any atom is 0.270 e. The lowest BCUT2D eigenvalue weighted by molar-refractivity contribution is 0.0873. The Morgan fingerprint density at radius 2 is 2.07 bits per heavy atom. The van der Waals surface area contributed by atoms with E-state index in [1.54, 1.807) is 35.9 Å². The van der Waals surface area contributed by atoms with Crippen molar-refractivity contribution in [1.29, 1.82) is 0 Å². The normalized spacial score (nSPS) is 18.3. The fraction of sp³-hybridized carbons (Fsp3) is 0.318. The van der Waals surface area contributed by atoms with Gasteiger partial charge in [-0.25, -0.2) is 9.37 Å². The molecule has 1 aromatic carbocycles. The average Bonchev–Trinajstić information content (AvgIpc) is 3.29. The number of likely N-dealkylation sites (tertiary alicyclic amines) is 1. The Bertz CT molecular complexity index is 918. The summed E-state index contributed by atoms with van der Waals surface area (Å²) in [7, 11) is 0. The van der Waals surface area contributed by atoms with Crippen LogP contribution < -0.4 is 5.32 Å². The number of hydrogen-bond acceptors (Lipinski definition) is 5. The molecule has 7 heteroatoms. The lowest BCUT2D eigenvalue weighted by Crippen LogP contribution is -2.42. The Morgan fingerprint density at radius 1 is 1.21 bits per heavy atom. The van der Waals surface area contributed by atoms with Gasteiger partial charge in [0.25, 0.3) is 5.91 Å². The SMILES string of the molecule is O=C(N[C@H](c1nccs1)[C@H]1CCCN(Cc2ccc(F)cc2)C1)c1ccccn1. The summed E-state index contributed by atoms with van der Waals surface area (Å²) in [6.45, 7) is 2.62. The third-order valence-electron chi connectivity index (χ3n) is 5.23. The van der Waals surface area contributed by atoms with Crippen molar-refractivity contribution in [1.82, 2.24) is 20.2 Å². The maximum atomic E-state index is 13.2. The van der Waals surface area contributed by atoms with Crippen molar-refractivity contribution in [3.05, 3.63) is 82.3 Å². The highest BCUT2D eigenvalue weighted by Gasteiger charge is 2.31. The summed E-state index contributed by atoms with van der Waals surface area (Å²) in [5.41, 5.74) is 1.50. The first-order valence-corrected chi connectivity index (χ1v) is 10.6. The molecule has 3 aromatic rings. The number of pyridine rings is 1. The van der Waals surface area contributed by atoms with Crippen LogP contribution in [0.3, 0.4) is 0 Å². The smallest absolute Gasteiger partial charge is 0.270 e. The number of aromatic nitrogens is 2. The molecule has 1 aliphatic heterocycles. The zero-order chi connectivity index (χ0) is 20.1. The van der Waals surface area contributed by atoms with E-state index in [1.807, 2.05) is 23.6 Å². The molecule has 2 atom stereocenters. The van der Waals surface area contributed by atoms with Crippen LogP contribution in [0.1, 0.15) is 39.9 Å². The maximum absolute atomic E-state index is 13.2. The van der Waals surface area contributed by atoms with E-state index in [-0.39, 0.29) is 23.7 Å². The Labute approximate surface area is 173 Å². The molecule has 1 saturated heterocycles. The van der Waals surface area contributed by atoms with E-state index in [9.17, 15) is 9.18 Å². The number of nitrogens with zero attached hydrogens (tertiary/aromatic N) is 3. The van der Waals surface area contributed by atoms with Crippen LogP contribution in [0.15, 0.2) is 60.2 Å². The van der Waals surface area contributed by atoms with Crippen molar-refractivity contribution in [2.45, 2.75) is 25.4 Å². The Hall–Kier alpha value is -2.64. The highest BCUT2D eigenvalue weighted by molar-refractivity contribution is 7.09. The molecule has 1 amide bonds. The van der Waals surface area contributed by atoms with Gasteiger partial charge in [0, 0.05) is 30.9 Å². The first-order chi connectivity index (χ1) is 14.2. The molecule has 3 heterocycles. The van der Waals surface area contributed by atoms with E-state index in [0.717, 1.165) is 43.0 Å². The summed E-state index contributed by atoms with van der Waals surface area (Å²) in [6, 6.07) is 11.8. The van der Waals surface area contributed by atoms with Crippen LogP contribution in [0.5, 0.6) is 0 Å². The van der Waals surface area contributed by atoms with Crippen molar-refractivity contribution in [3.63, 3.8) is 0 Å². The van der Waals surface area contributed by atoms with E-state index < -0.39 is 0 Å².